The highest BCUT2D eigenvalue weighted by molar-refractivity contribution is 5.48. The van der Waals surface area contributed by atoms with Gasteiger partial charge >= 0.3 is 0 Å². The lowest BCUT2D eigenvalue weighted by molar-refractivity contribution is 0.571. The van der Waals surface area contributed by atoms with Gasteiger partial charge in [0.05, 0.1) is 5.69 Å². The zero-order chi connectivity index (χ0) is 10.8. The Morgan fingerprint density at radius 3 is 2.73 bits per heavy atom. The predicted molar refractivity (Wildman–Crippen MR) is 58.6 cm³/mol. The minimum absolute atomic E-state index is 0.489. The van der Waals surface area contributed by atoms with Crippen LogP contribution in [0, 0.1) is 6.92 Å². The largest absolute Gasteiger partial charge is 0.443 e. The summed E-state index contributed by atoms with van der Waals surface area (Å²) in [5.74, 6) is 1.08. The maximum atomic E-state index is 5.31. The highest BCUT2D eigenvalue weighted by Crippen LogP contribution is 2.20. The first-order valence-electron chi connectivity index (χ1n) is 5.05. The SMILES string of the molecule is Cc1coc(-c2cc(C(C)C)ccn2)n1. The average Bonchev–Trinajstić information content (AvgIpc) is 2.65. The van der Waals surface area contributed by atoms with Gasteiger partial charge in [0.25, 0.3) is 0 Å². The van der Waals surface area contributed by atoms with E-state index in [9.17, 15) is 0 Å². The molecule has 0 aliphatic carbocycles. The predicted octanol–water partition coefficient (Wildman–Crippen LogP) is 3.17. The van der Waals surface area contributed by atoms with Gasteiger partial charge in [-0.15, -0.1) is 0 Å². The normalized spacial score (nSPS) is 10.9. The van der Waals surface area contributed by atoms with Crippen molar-refractivity contribution >= 4 is 0 Å². The van der Waals surface area contributed by atoms with Crippen molar-refractivity contribution in [2.75, 3.05) is 0 Å². The number of pyridine rings is 1. The van der Waals surface area contributed by atoms with Gasteiger partial charge < -0.3 is 4.42 Å². The second-order valence-electron chi connectivity index (χ2n) is 3.92. The van der Waals surface area contributed by atoms with E-state index in [1.807, 2.05) is 19.1 Å². The molecule has 0 radical (unpaired) electrons. The van der Waals surface area contributed by atoms with E-state index in [4.69, 9.17) is 4.42 Å². The third-order valence-electron chi connectivity index (χ3n) is 2.29. The van der Waals surface area contributed by atoms with E-state index in [1.54, 1.807) is 12.5 Å². The van der Waals surface area contributed by atoms with Gasteiger partial charge in [0.2, 0.25) is 5.89 Å². The number of hydrogen-bond donors (Lipinski definition) is 0. The maximum absolute atomic E-state index is 5.31. The Bertz CT molecular complexity index is 460. The van der Waals surface area contributed by atoms with Crippen molar-refractivity contribution < 1.29 is 4.42 Å². The van der Waals surface area contributed by atoms with Gasteiger partial charge in [-0.3, -0.25) is 4.98 Å². The van der Waals surface area contributed by atoms with Gasteiger partial charge in [0.15, 0.2) is 0 Å². The Hall–Kier alpha value is -1.64. The number of oxazole rings is 1. The average molecular weight is 202 g/mol. The topological polar surface area (TPSA) is 38.9 Å². The standard InChI is InChI=1S/C12H14N2O/c1-8(2)10-4-5-13-11(6-10)12-14-9(3)7-15-12/h4-8H,1-3H3. The molecule has 2 aromatic heterocycles. The fourth-order valence-corrected chi connectivity index (χ4v) is 1.39. The maximum Gasteiger partial charge on any atom is 0.245 e. The molecule has 2 heterocycles. The van der Waals surface area contributed by atoms with Crippen LogP contribution in [0.1, 0.15) is 31.0 Å². The summed E-state index contributed by atoms with van der Waals surface area (Å²) in [7, 11) is 0. The Labute approximate surface area is 89.2 Å². The molecule has 0 amide bonds. The third kappa shape index (κ3) is 2.06. The van der Waals surface area contributed by atoms with Crippen LogP contribution >= 0.6 is 0 Å². The minimum atomic E-state index is 0.489. The summed E-state index contributed by atoms with van der Waals surface area (Å²) in [5, 5.41) is 0. The molecule has 3 heteroatoms. The first-order chi connectivity index (χ1) is 7.16. The number of aromatic nitrogens is 2. The Balaban J connectivity index is 2.41. The zero-order valence-corrected chi connectivity index (χ0v) is 9.19. The molecule has 0 saturated carbocycles. The van der Waals surface area contributed by atoms with E-state index in [-0.39, 0.29) is 0 Å². The molecule has 0 aliphatic heterocycles. The quantitative estimate of drug-likeness (QED) is 0.750. The summed E-state index contributed by atoms with van der Waals surface area (Å²) in [5.41, 5.74) is 2.92. The van der Waals surface area contributed by atoms with Crippen LogP contribution in [-0.4, -0.2) is 9.97 Å². The van der Waals surface area contributed by atoms with Gasteiger partial charge in [0.1, 0.15) is 12.0 Å². The molecule has 0 aliphatic rings. The molecule has 2 aromatic rings. The van der Waals surface area contributed by atoms with Gasteiger partial charge in [0, 0.05) is 6.20 Å². The van der Waals surface area contributed by atoms with Crippen LogP contribution in [-0.2, 0) is 0 Å². The van der Waals surface area contributed by atoms with Crippen LogP contribution in [0.4, 0.5) is 0 Å². The van der Waals surface area contributed by atoms with Gasteiger partial charge in [-0.05, 0) is 30.5 Å². The molecule has 0 N–H and O–H groups in total. The number of aryl methyl sites for hydroxylation is 1. The third-order valence-corrected chi connectivity index (χ3v) is 2.29. The first kappa shape index (κ1) is 9.90. The highest BCUT2D eigenvalue weighted by atomic mass is 16.3. The summed E-state index contributed by atoms with van der Waals surface area (Å²) >= 11 is 0. The molecule has 0 saturated heterocycles. The van der Waals surface area contributed by atoms with E-state index in [0.717, 1.165) is 11.4 Å². The van der Waals surface area contributed by atoms with Gasteiger partial charge in [-0.25, -0.2) is 4.98 Å². The van der Waals surface area contributed by atoms with E-state index in [0.29, 0.717) is 11.8 Å². The smallest absolute Gasteiger partial charge is 0.245 e. The van der Waals surface area contributed by atoms with Crippen molar-refractivity contribution in [3.8, 4) is 11.6 Å². The second-order valence-corrected chi connectivity index (χ2v) is 3.92. The molecule has 0 bridgehead atoms. The Kier molecular flexibility index (Phi) is 2.54. The van der Waals surface area contributed by atoms with Crippen LogP contribution in [0.5, 0.6) is 0 Å². The summed E-state index contributed by atoms with van der Waals surface area (Å²) < 4.78 is 5.31. The second kappa shape index (κ2) is 3.85. The lowest BCUT2D eigenvalue weighted by Gasteiger charge is -2.04. The van der Waals surface area contributed by atoms with Crippen molar-refractivity contribution in [3.63, 3.8) is 0 Å². The molecule has 2 rings (SSSR count). The van der Waals surface area contributed by atoms with Crippen LogP contribution in [0.15, 0.2) is 29.0 Å². The Morgan fingerprint density at radius 2 is 2.13 bits per heavy atom. The molecule has 0 fully saturated rings. The zero-order valence-electron chi connectivity index (χ0n) is 9.19. The molecular weight excluding hydrogens is 188 g/mol. The number of hydrogen-bond acceptors (Lipinski definition) is 3. The minimum Gasteiger partial charge on any atom is -0.443 e. The van der Waals surface area contributed by atoms with Gasteiger partial charge in [-0.2, -0.15) is 0 Å². The summed E-state index contributed by atoms with van der Waals surface area (Å²) in [4.78, 5) is 8.50. The number of rotatable bonds is 2. The summed E-state index contributed by atoms with van der Waals surface area (Å²) in [6, 6.07) is 4.04. The fourth-order valence-electron chi connectivity index (χ4n) is 1.39. The van der Waals surface area contributed by atoms with E-state index in [1.165, 1.54) is 5.56 Å². The molecule has 78 valence electrons. The van der Waals surface area contributed by atoms with Crippen molar-refractivity contribution in [1.29, 1.82) is 0 Å². The molecular formula is C12H14N2O. The van der Waals surface area contributed by atoms with Gasteiger partial charge in [-0.1, -0.05) is 13.8 Å². The van der Waals surface area contributed by atoms with E-state index >= 15 is 0 Å². The van der Waals surface area contributed by atoms with E-state index < -0.39 is 0 Å². The van der Waals surface area contributed by atoms with Crippen molar-refractivity contribution in [2.24, 2.45) is 0 Å². The van der Waals surface area contributed by atoms with Crippen molar-refractivity contribution in [2.45, 2.75) is 26.7 Å². The Morgan fingerprint density at radius 1 is 1.33 bits per heavy atom. The molecule has 3 nitrogen and oxygen atoms in total. The molecule has 0 atom stereocenters. The van der Waals surface area contributed by atoms with Crippen LogP contribution in [0.2, 0.25) is 0 Å². The monoisotopic (exact) mass is 202 g/mol. The molecule has 15 heavy (non-hydrogen) atoms. The van der Waals surface area contributed by atoms with Crippen LogP contribution in [0.25, 0.3) is 11.6 Å². The number of nitrogens with zero attached hydrogens (tertiary/aromatic N) is 2. The van der Waals surface area contributed by atoms with Crippen LogP contribution in [0.3, 0.4) is 0 Å². The summed E-state index contributed by atoms with van der Waals surface area (Å²) in [6.45, 7) is 6.21. The van der Waals surface area contributed by atoms with Crippen LogP contribution < -0.4 is 0 Å². The van der Waals surface area contributed by atoms with E-state index in [2.05, 4.69) is 23.8 Å². The lowest BCUT2D eigenvalue weighted by atomic mass is 10.0. The molecule has 0 unspecified atom stereocenters. The molecule has 0 spiro atoms. The first-order valence-corrected chi connectivity index (χ1v) is 5.05. The summed E-state index contributed by atoms with van der Waals surface area (Å²) in [6.07, 6.45) is 3.43. The van der Waals surface area contributed by atoms with Crippen molar-refractivity contribution in [3.05, 3.63) is 35.9 Å². The molecule has 0 aromatic carbocycles. The highest BCUT2D eigenvalue weighted by Gasteiger charge is 2.07. The fraction of sp³-hybridized carbons (Fsp3) is 0.333. The lowest BCUT2D eigenvalue weighted by Crippen LogP contribution is -1.90. The van der Waals surface area contributed by atoms with Crippen molar-refractivity contribution in [1.82, 2.24) is 9.97 Å².